The van der Waals surface area contributed by atoms with Gasteiger partial charge in [0.05, 0.1) is 17.1 Å². The first-order chi connectivity index (χ1) is 9.54. The van der Waals surface area contributed by atoms with Crippen LogP contribution in [0.15, 0.2) is 41.3 Å². The van der Waals surface area contributed by atoms with Crippen molar-refractivity contribution in [3.05, 3.63) is 52.4 Å². The van der Waals surface area contributed by atoms with Crippen molar-refractivity contribution in [1.82, 2.24) is 9.38 Å². The number of aromatic nitrogens is 2. The molecule has 0 aliphatic carbocycles. The Morgan fingerprint density at radius 1 is 1.30 bits per heavy atom. The lowest BCUT2D eigenvalue weighted by molar-refractivity contribution is 0.144. The minimum Gasteiger partial charge on any atom is -0.449 e. The van der Waals surface area contributed by atoms with E-state index in [0.717, 1.165) is 5.56 Å². The largest absolute Gasteiger partial charge is 0.511 e. The predicted octanol–water partition coefficient (Wildman–Crippen LogP) is 2.21. The van der Waals surface area contributed by atoms with Gasteiger partial charge in [-0.15, -0.1) is 0 Å². The number of hydrogen-bond acceptors (Lipinski definition) is 4. The Kier molecular flexibility index (Phi) is 2.64. The summed E-state index contributed by atoms with van der Waals surface area (Å²) in [5.74, 6) is 0.0703. The lowest BCUT2D eigenvalue weighted by Gasteiger charge is -2.06. The number of rotatable bonds is 1. The van der Waals surface area contributed by atoms with Crippen LogP contribution in [0.1, 0.15) is 5.56 Å². The Morgan fingerprint density at radius 2 is 2.10 bits per heavy atom. The zero-order valence-corrected chi connectivity index (χ0v) is 10.5. The highest BCUT2D eigenvalue weighted by molar-refractivity contribution is 5.80. The number of benzene rings is 1. The highest BCUT2D eigenvalue weighted by Crippen LogP contribution is 2.15. The van der Waals surface area contributed by atoms with E-state index in [2.05, 4.69) is 9.72 Å². The fourth-order valence-electron chi connectivity index (χ4n) is 2.06. The van der Waals surface area contributed by atoms with Gasteiger partial charge in [-0.25, -0.2) is 9.78 Å². The van der Waals surface area contributed by atoms with Crippen LogP contribution in [0.2, 0.25) is 0 Å². The zero-order chi connectivity index (χ0) is 14.3. The minimum absolute atomic E-state index is 0.0703. The van der Waals surface area contributed by atoms with E-state index >= 15 is 0 Å². The standard InChI is InChI=1S/C14H10N2O4/c1-8-2-4-11-10(6-8)13(17)16-7-9(20-14(18)19)3-5-12(16)15-11/h2-7H,1H3,(H,18,19). The van der Waals surface area contributed by atoms with E-state index in [9.17, 15) is 9.59 Å². The molecule has 2 heterocycles. The van der Waals surface area contributed by atoms with E-state index in [1.165, 1.54) is 16.7 Å². The number of ether oxygens (including phenoxy) is 1. The van der Waals surface area contributed by atoms with Gasteiger partial charge in [-0.3, -0.25) is 9.20 Å². The van der Waals surface area contributed by atoms with Crippen LogP contribution >= 0.6 is 0 Å². The van der Waals surface area contributed by atoms with E-state index in [4.69, 9.17) is 5.11 Å². The van der Waals surface area contributed by atoms with E-state index in [1.54, 1.807) is 18.2 Å². The van der Waals surface area contributed by atoms with Crippen LogP contribution < -0.4 is 10.3 Å². The molecule has 0 saturated carbocycles. The summed E-state index contributed by atoms with van der Waals surface area (Å²) in [6.45, 7) is 1.89. The second-order valence-corrected chi connectivity index (χ2v) is 4.40. The van der Waals surface area contributed by atoms with Gasteiger partial charge in [-0.2, -0.15) is 0 Å². The fourth-order valence-corrected chi connectivity index (χ4v) is 2.06. The zero-order valence-electron chi connectivity index (χ0n) is 10.5. The Bertz CT molecular complexity index is 899. The predicted molar refractivity (Wildman–Crippen MR) is 72.4 cm³/mol. The molecule has 0 atom stereocenters. The average Bonchev–Trinajstić information content (AvgIpc) is 2.40. The quantitative estimate of drug-likeness (QED) is 0.541. The number of pyridine rings is 1. The molecule has 0 aliphatic rings. The Hall–Kier alpha value is -2.89. The van der Waals surface area contributed by atoms with Crippen LogP contribution in [0.4, 0.5) is 4.79 Å². The van der Waals surface area contributed by atoms with Gasteiger partial charge in [0.15, 0.2) is 5.75 Å². The van der Waals surface area contributed by atoms with Crippen molar-refractivity contribution >= 4 is 22.7 Å². The number of aryl methyl sites for hydroxylation is 1. The van der Waals surface area contributed by atoms with E-state index in [0.29, 0.717) is 16.6 Å². The summed E-state index contributed by atoms with van der Waals surface area (Å²) in [6.07, 6.45) is -0.109. The molecule has 3 aromatic rings. The summed E-state index contributed by atoms with van der Waals surface area (Å²) in [4.78, 5) is 27.3. The summed E-state index contributed by atoms with van der Waals surface area (Å²) in [5, 5.41) is 9.07. The second kappa shape index (κ2) is 4.34. The van der Waals surface area contributed by atoms with Gasteiger partial charge in [-0.1, -0.05) is 11.6 Å². The maximum Gasteiger partial charge on any atom is 0.511 e. The number of carbonyl (C=O) groups is 1. The summed E-state index contributed by atoms with van der Waals surface area (Å²) < 4.78 is 5.82. The first-order valence-electron chi connectivity index (χ1n) is 5.88. The molecule has 0 fully saturated rings. The maximum absolute atomic E-state index is 12.4. The Balaban J connectivity index is 2.33. The third kappa shape index (κ3) is 1.97. The van der Waals surface area contributed by atoms with Gasteiger partial charge in [0.2, 0.25) is 0 Å². The summed E-state index contributed by atoms with van der Waals surface area (Å²) >= 11 is 0. The Labute approximate surface area is 112 Å². The number of nitrogens with zero attached hydrogens (tertiary/aromatic N) is 2. The van der Waals surface area contributed by atoms with Crippen molar-refractivity contribution in [2.24, 2.45) is 0 Å². The van der Waals surface area contributed by atoms with Gasteiger partial charge in [-0.05, 0) is 31.2 Å². The molecule has 0 radical (unpaired) electrons. The monoisotopic (exact) mass is 270 g/mol. The van der Waals surface area contributed by atoms with Crippen molar-refractivity contribution in [3.63, 3.8) is 0 Å². The van der Waals surface area contributed by atoms with Crippen molar-refractivity contribution in [2.75, 3.05) is 0 Å². The topological polar surface area (TPSA) is 80.9 Å². The van der Waals surface area contributed by atoms with Crippen molar-refractivity contribution in [2.45, 2.75) is 6.92 Å². The highest BCUT2D eigenvalue weighted by atomic mass is 16.7. The molecule has 0 bridgehead atoms. The summed E-state index contributed by atoms with van der Waals surface area (Å²) in [5.41, 5.74) is 1.73. The van der Waals surface area contributed by atoms with Crippen molar-refractivity contribution < 1.29 is 14.6 Å². The second-order valence-electron chi connectivity index (χ2n) is 4.40. The van der Waals surface area contributed by atoms with E-state index in [1.807, 2.05) is 13.0 Å². The molecule has 2 aromatic heterocycles. The third-order valence-corrected chi connectivity index (χ3v) is 2.94. The summed E-state index contributed by atoms with van der Waals surface area (Å²) in [6, 6.07) is 8.41. The smallest absolute Gasteiger partial charge is 0.449 e. The minimum atomic E-state index is -1.43. The van der Waals surface area contributed by atoms with Gasteiger partial charge in [0.1, 0.15) is 5.65 Å². The first kappa shape index (κ1) is 12.2. The lowest BCUT2D eigenvalue weighted by atomic mass is 10.2. The fraction of sp³-hybridized carbons (Fsp3) is 0.0714. The molecular weight excluding hydrogens is 260 g/mol. The molecule has 0 saturated heterocycles. The molecule has 0 spiro atoms. The molecule has 100 valence electrons. The maximum atomic E-state index is 12.4. The SMILES string of the molecule is Cc1ccc2nc3ccc(OC(=O)O)cn3c(=O)c2c1. The van der Waals surface area contributed by atoms with Crippen molar-refractivity contribution in [1.29, 1.82) is 0 Å². The number of carboxylic acid groups (broad SMARTS) is 1. The van der Waals surface area contributed by atoms with Gasteiger partial charge >= 0.3 is 6.16 Å². The van der Waals surface area contributed by atoms with Crippen LogP contribution in [-0.2, 0) is 0 Å². The van der Waals surface area contributed by atoms with Gasteiger partial charge in [0.25, 0.3) is 5.56 Å². The molecule has 3 rings (SSSR count). The lowest BCUT2D eigenvalue weighted by Crippen LogP contribution is -2.16. The summed E-state index contributed by atoms with van der Waals surface area (Å²) in [7, 11) is 0. The molecule has 6 heteroatoms. The molecular formula is C14H10N2O4. The molecule has 1 N–H and O–H groups in total. The first-order valence-corrected chi connectivity index (χ1v) is 5.88. The third-order valence-electron chi connectivity index (χ3n) is 2.94. The molecule has 20 heavy (non-hydrogen) atoms. The molecule has 6 nitrogen and oxygen atoms in total. The van der Waals surface area contributed by atoms with Crippen LogP contribution in [0.5, 0.6) is 5.75 Å². The number of fused-ring (bicyclic) bond motifs is 2. The van der Waals surface area contributed by atoms with Crippen molar-refractivity contribution in [3.8, 4) is 5.75 Å². The normalized spacial score (nSPS) is 10.8. The van der Waals surface area contributed by atoms with Gasteiger partial charge < -0.3 is 9.84 Å². The van der Waals surface area contributed by atoms with Crippen LogP contribution in [0.25, 0.3) is 16.6 Å². The molecule has 0 aliphatic heterocycles. The number of hydrogen-bond donors (Lipinski definition) is 1. The molecule has 0 unspecified atom stereocenters. The van der Waals surface area contributed by atoms with Crippen LogP contribution in [0, 0.1) is 6.92 Å². The van der Waals surface area contributed by atoms with Crippen LogP contribution in [-0.4, -0.2) is 20.6 Å². The van der Waals surface area contributed by atoms with Gasteiger partial charge in [0, 0.05) is 0 Å². The molecule has 0 amide bonds. The highest BCUT2D eigenvalue weighted by Gasteiger charge is 2.08. The Morgan fingerprint density at radius 3 is 2.85 bits per heavy atom. The average molecular weight is 270 g/mol. The van der Waals surface area contributed by atoms with E-state index < -0.39 is 6.16 Å². The van der Waals surface area contributed by atoms with E-state index in [-0.39, 0.29) is 11.3 Å². The molecule has 1 aromatic carbocycles. The van der Waals surface area contributed by atoms with Crippen LogP contribution in [0.3, 0.4) is 0 Å².